The number of carbonyl (C=O) groups excluding carboxylic acids is 2. The zero-order valence-electron chi connectivity index (χ0n) is 20.6. The van der Waals surface area contributed by atoms with Gasteiger partial charge in [0.05, 0.1) is 19.1 Å². The molecule has 0 saturated heterocycles. The van der Waals surface area contributed by atoms with Crippen molar-refractivity contribution in [2.75, 3.05) is 30.8 Å². The fourth-order valence-corrected chi connectivity index (χ4v) is 4.67. The van der Waals surface area contributed by atoms with Crippen molar-refractivity contribution in [3.05, 3.63) is 59.7 Å². The van der Waals surface area contributed by atoms with Crippen LogP contribution in [0.1, 0.15) is 38.3 Å². The molecule has 1 atom stereocenters. The van der Waals surface area contributed by atoms with E-state index in [0.717, 1.165) is 21.7 Å². The van der Waals surface area contributed by atoms with Gasteiger partial charge >= 0.3 is 0 Å². The Morgan fingerprint density at radius 3 is 2.21 bits per heavy atom. The molecule has 1 N–H and O–H groups in total. The smallest absolute Gasteiger partial charge is 0.244 e. The Morgan fingerprint density at radius 1 is 1.03 bits per heavy atom. The van der Waals surface area contributed by atoms with E-state index in [1.807, 2.05) is 45.0 Å². The molecular weight excluding hydrogens is 454 g/mol. The van der Waals surface area contributed by atoms with Gasteiger partial charge in [-0.25, -0.2) is 8.42 Å². The number of aryl methyl sites for hydroxylation is 1. The minimum atomic E-state index is -3.76. The Bertz CT molecular complexity index is 1070. The molecule has 0 spiro atoms. The molecule has 8 nitrogen and oxygen atoms in total. The van der Waals surface area contributed by atoms with E-state index in [-0.39, 0.29) is 12.5 Å². The summed E-state index contributed by atoms with van der Waals surface area (Å²) < 4.78 is 31.8. The average molecular weight is 490 g/mol. The summed E-state index contributed by atoms with van der Waals surface area (Å²) in [5.41, 5.74) is 2.09. The molecule has 0 radical (unpaired) electrons. The molecule has 0 aromatic heterocycles. The zero-order valence-corrected chi connectivity index (χ0v) is 21.4. The number of nitrogens with one attached hydrogen (secondary N) is 1. The van der Waals surface area contributed by atoms with Gasteiger partial charge in [0.1, 0.15) is 18.3 Å². The third kappa shape index (κ3) is 6.96. The predicted molar refractivity (Wildman–Crippen MR) is 134 cm³/mol. The van der Waals surface area contributed by atoms with E-state index in [9.17, 15) is 18.0 Å². The maximum atomic E-state index is 13.6. The van der Waals surface area contributed by atoms with Crippen LogP contribution in [0.2, 0.25) is 0 Å². The number of carbonyl (C=O) groups is 2. The molecule has 1 unspecified atom stereocenters. The number of hydrogen-bond donors (Lipinski definition) is 1. The number of rotatable bonds is 12. The van der Waals surface area contributed by atoms with Gasteiger partial charge in [-0.3, -0.25) is 13.9 Å². The number of methoxy groups -OCH3 is 1. The van der Waals surface area contributed by atoms with Crippen molar-refractivity contribution in [1.82, 2.24) is 10.2 Å². The minimum absolute atomic E-state index is 0.158. The monoisotopic (exact) mass is 489 g/mol. The highest BCUT2D eigenvalue weighted by molar-refractivity contribution is 7.92. The van der Waals surface area contributed by atoms with Crippen molar-refractivity contribution in [3.8, 4) is 5.75 Å². The molecule has 0 bridgehead atoms. The fourth-order valence-electron chi connectivity index (χ4n) is 3.79. The summed E-state index contributed by atoms with van der Waals surface area (Å²) in [5, 5.41) is 2.78. The van der Waals surface area contributed by atoms with E-state index in [1.165, 1.54) is 4.90 Å². The number of ether oxygens (including phenoxy) is 1. The molecule has 2 amide bonds. The lowest BCUT2D eigenvalue weighted by molar-refractivity contribution is -0.140. The lowest BCUT2D eigenvalue weighted by Gasteiger charge is -2.33. The Balaban J connectivity index is 2.45. The van der Waals surface area contributed by atoms with Crippen LogP contribution >= 0.6 is 0 Å². The highest BCUT2D eigenvalue weighted by Crippen LogP contribution is 2.24. The second-order valence-electron chi connectivity index (χ2n) is 7.94. The summed E-state index contributed by atoms with van der Waals surface area (Å²) in [7, 11) is -2.18. The van der Waals surface area contributed by atoms with Crippen molar-refractivity contribution in [2.45, 2.75) is 46.2 Å². The van der Waals surface area contributed by atoms with Gasteiger partial charge in [0.2, 0.25) is 21.8 Å². The normalized spacial score (nSPS) is 12.0. The van der Waals surface area contributed by atoms with Crippen LogP contribution in [0, 0.1) is 0 Å². The van der Waals surface area contributed by atoms with Crippen LogP contribution in [0.25, 0.3) is 0 Å². The molecule has 0 fully saturated rings. The quantitative estimate of drug-likeness (QED) is 0.495. The molecule has 2 aromatic carbocycles. The number of nitrogens with zero attached hydrogens (tertiary/aromatic N) is 2. The number of anilines is 1. The van der Waals surface area contributed by atoms with E-state index in [0.29, 0.717) is 30.8 Å². The summed E-state index contributed by atoms with van der Waals surface area (Å²) in [6.45, 7) is 5.76. The Morgan fingerprint density at radius 2 is 1.68 bits per heavy atom. The van der Waals surface area contributed by atoms with E-state index < -0.39 is 28.5 Å². The fraction of sp³-hybridized carbons (Fsp3) is 0.440. The van der Waals surface area contributed by atoms with Crippen molar-refractivity contribution in [3.63, 3.8) is 0 Å². The third-order valence-corrected chi connectivity index (χ3v) is 6.70. The number of amides is 2. The third-order valence-electron chi connectivity index (χ3n) is 5.57. The number of hydrogen-bond acceptors (Lipinski definition) is 5. The zero-order chi connectivity index (χ0) is 25.3. The van der Waals surface area contributed by atoms with Crippen LogP contribution in [-0.2, 0) is 32.6 Å². The summed E-state index contributed by atoms with van der Waals surface area (Å²) in [6.07, 6.45) is 2.09. The maximum Gasteiger partial charge on any atom is 0.244 e. The lowest BCUT2D eigenvalue weighted by Crippen LogP contribution is -2.52. The predicted octanol–water partition coefficient (Wildman–Crippen LogP) is 2.97. The second kappa shape index (κ2) is 12.4. The number of likely N-dealkylation sites (N-methyl/N-ethyl adjacent to an activating group) is 1. The van der Waals surface area contributed by atoms with Crippen LogP contribution in [-0.4, -0.2) is 57.6 Å². The van der Waals surface area contributed by atoms with Crippen molar-refractivity contribution >= 4 is 27.5 Å². The van der Waals surface area contributed by atoms with Gasteiger partial charge < -0.3 is 15.0 Å². The van der Waals surface area contributed by atoms with E-state index in [2.05, 4.69) is 5.32 Å². The van der Waals surface area contributed by atoms with E-state index >= 15 is 0 Å². The second-order valence-corrected chi connectivity index (χ2v) is 9.85. The van der Waals surface area contributed by atoms with Gasteiger partial charge in [-0.15, -0.1) is 0 Å². The molecule has 0 aliphatic carbocycles. The van der Waals surface area contributed by atoms with Crippen LogP contribution in [0.3, 0.4) is 0 Å². The molecule has 0 aliphatic heterocycles. The van der Waals surface area contributed by atoms with Gasteiger partial charge in [0.25, 0.3) is 0 Å². The topological polar surface area (TPSA) is 96.0 Å². The number of benzene rings is 2. The summed E-state index contributed by atoms with van der Waals surface area (Å²) in [6, 6.07) is 13.6. The molecule has 186 valence electrons. The molecule has 0 heterocycles. The average Bonchev–Trinajstić information content (AvgIpc) is 2.82. The van der Waals surface area contributed by atoms with Gasteiger partial charge in [-0.05, 0) is 49.1 Å². The number of para-hydroxylation sites is 1. The van der Waals surface area contributed by atoms with Crippen molar-refractivity contribution in [2.24, 2.45) is 0 Å². The molecule has 2 rings (SSSR count). The molecule has 34 heavy (non-hydrogen) atoms. The van der Waals surface area contributed by atoms with E-state index in [1.54, 1.807) is 31.4 Å². The first-order valence-electron chi connectivity index (χ1n) is 11.4. The molecule has 0 saturated carbocycles. The van der Waals surface area contributed by atoms with Gasteiger partial charge in [0, 0.05) is 13.1 Å². The lowest BCUT2D eigenvalue weighted by atomic mass is 10.1. The Hall–Kier alpha value is -3.07. The summed E-state index contributed by atoms with van der Waals surface area (Å²) in [4.78, 5) is 27.9. The largest absolute Gasteiger partial charge is 0.497 e. The Labute approximate surface area is 202 Å². The van der Waals surface area contributed by atoms with Crippen molar-refractivity contribution in [1.29, 1.82) is 0 Å². The van der Waals surface area contributed by atoms with Crippen molar-refractivity contribution < 1.29 is 22.7 Å². The molecular formula is C25H35N3O5S. The van der Waals surface area contributed by atoms with Gasteiger partial charge in [-0.1, -0.05) is 44.2 Å². The van der Waals surface area contributed by atoms with Crippen LogP contribution in [0.5, 0.6) is 5.75 Å². The van der Waals surface area contributed by atoms with Crippen LogP contribution < -0.4 is 14.4 Å². The number of sulfonamides is 1. The van der Waals surface area contributed by atoms with Crippen LogP contribution in [0.15, 0.2) is 48.5 Å². The SMILES string of the molecule is CCNC(=O)C(CC)N(Cc1ccc(OC)cc1)C(=O)CN(c1ccccc1CC)S(C)(=O)=O. The Kier molecular flexibility index (Phi) is 9.92. The first kappa shape index (κ1) is 27.2. The summed E-state index contributed by atoms with van der Waals surface area (Å²) in [5.74, 6) is -0.0474. The molecule has 9 heteroatoms. The minimum Gasteiger partial charge on any atom is -0.497 e. The van der Waals surface area contributed by atoms with Gasteiger partial charge in [-0.2, -0.15) is 0 Å². The molecule has 2 aromatic rings. The standard InChI is InChI=1S/C25H35N3O5S/c1-6-20-11-9-10-12-23(20)28(34(5,31)32)18-24(29)27(22(7-2)25(30)26-8-3)17-19-13-15-21(33-4)16-14-19/h9-16,22H,6-8,17-18H2,1-5H3,(H,26,30). The van der Waals surface area contributed by atoms with E-state index in [4.69, 9.17) is 4.74 Å². The summed E-state index contributed by atoms with van der Waals surface area (Å²) >= 11 is 0. The maximum absolute atomic E-state index is 13.6. The first-order valence-corrected chi connectivity index (χ1v) is 13.3. The first-order chi connectivity index (χ1) is 16.2. The van der Waals surface area contributed by atoms with Gasteiger partial charge in [0.15, 0.2) is 0 Å². The van der Waals surface area contributed by atoms with Crippen LogP contribution in [0.4, 0.5) is 5.69 Å². The highest BCUT2D eigenvalue weighted by atomic mass is 32.2. The molecule has 0 aliphatic rings. The highest BCUT2D eigenvalue weighted by Gasteiger charge is 2.32.